The number of aryl methyl sites for hydroxylation is 2. The van der Waals surface area contributed by atoms with Gasteiger partial charge in [0.05, 0.1) is 23.0 Å². The predicted octanol–water partition coefficient (Wildman–Crippen LogP) is 4.39. The smallest absolute Gasteiger partial charge is 0.191 e. The number of nitrogens with two attached hydrogens (primary N) is 1. The first kappa shape index (κ1) is 18.6. The average molecular weight is 427 g/mol. The van der Waals surface area contributed by atoms with E-state index in [0.717, 1.165) is 57.1 Å². The molecule has 4 heterocycles. The molecule has 0 saturated heterocycles. The number of nitrogen functional groups attached to an aromatic ring is 1. The summed E-state index contributed by atoms with van der Waals surface area (Å²) in [4.78, 5) is 11.9. The van der Waals surface area contributed by atoms with Gasteiger partial charge in [0, 0.05) is 11.9 Å². The zero-order chi connectivity index (χ0) is 20.1. The molecule has 0 spiro atoms. The van der Waals surface area contributed by atoms with Gasteiger partial charge in [-0.15, -0.1) is 21.5 Å². The van der Waals surface area contributed by atoms with Gasteiger partial charge in [-0.2, -0.15) is 0 Å². The Hall–Kier alpha value is -2.39. The van der Waals surface area contributed by atoms with Crippen LogP contribution in [-0.4, -0.2) is 24.7 Å². The quantitative estimate of drug-likeness (QED) is 0.484. The molecule has 2 N–H and O–H groups in total. The van der Waals surface area contributed by atoms with Crippen LogP contribution in [0.3, 0.4) is 0 Å². The third kappa shape index (κ3) is 3.22. The zero-order valence-electron chi connectivity index (χ0n) is 16.6. The molecule has 4 aromatic heterocycles. The Bertz CT molecular complexity index is 1210. The van der Waals surface area contributed by atoms with Crippen molar-refractivity contribution in [3.8, 4) is 11.4 Å². The molecule has 5 rings (SSSR count). The number of rotatable bonds is 4. The maximum atomic E-state index is 6.35. The van der Waals surface area contributed by atoms with Crippen molar-refractivity contribution < 1.29 is 4.42 Å². The van der Waals surface area contributed by atoms with E-state index in [0.29, 0.717) is 11.6 Å². The fourth-order valence-electron chi connectivity index (χ4n) is 3.90. The molecular weight excluding hydrogens is 404 g/mol. The summed E-state index contributed by atoms with van der Waals surface area (Å²) in [5.74, 6) is 4.27. The first-order chi connectivity index (χ1) is 14.0. The topological polar surface area (TPSA) is 95.7 Å². The third-order valence-corrected chi connectivity index (χ3v) is 7.66. The maximum Gasteiger partial charge on any atom is 0.191 e. The highest BCUT2D eigenvalue weighted by molar-refractivity contribution is 7.98. The maximum absolute atomic E-state index is 6.35. The van der Waals surface area contributed by atoms with Crippen LogP contribution in [-0.2, 0) is 25.6 Å². The summed E-state index contributed by atoms with van der Waals surface area (Å²) in [5.41, 5.74) is 8.67. The largest absolute Gasteiger partial charge is 0.469 e. The number of fused-ring (bicyclic) bond motifs is 3. The lowest BCUT2D eigenvalue weighted by Gasteiger charge is -2.17. The Kier molecular flexibility index (Phi) is 4.59. The molecule has 9 heteroatoms. The van der Waals surface area contributed by atoms with Gasteiger partial charge in [0.1, 0.15) is 22.2 Å². The minimum atomic E-state index is 0.593. The Morgan fingerprint density at radius 3 is 3.00 bits per heavy atom. The number of hydrogen-bond acceptors (Lipinski definition) is 8. The van der Waals surface area contributed by atoms with E-state index in [2.05, 4.69) is 22.1 Å². The van der Waals surface area contributed by atoms with Crippen LogP contribution in [0.4, 0.5) is 5.82 Å². The predicted molar refractivity (Wildman–Crippen MR) is 116 cm³/mol. The van der Waals surface area contributed by atoms with E-state index in [4.69, 9.17) is 15.1 Å². The Morgan fingerprint density at radius 1 is 1.34 bits per heavy atom. The minimum Gasteiger partial charge on any atom is -0.469 e. The Morgan fingerprint density at radius 2 is 2.21 bits per heavy atom. The van der Waals surface area contributed by atoms with Crippen LogP contribution in [0.15, 0.2) is 21.9 Å². The lowest BCUT2D eigenvalue weighted by atomic mass is 9.89. The number of aromatic nitrogens is 5. The molecule has 0 aromatic carbocycles. The molecule has 1 atom stereocenters. The molecule has 1 aliphatic carbocycles. The molecule has 29 heavy (non-hydrogen) atoms. The first-order valence-corrected chi connectivity index (χ1v) is 11.4. The van der Waals surface area contributed by atoms with Gasteiger partial charge in [-0.3, -0.25) is 0 Å². The van der Waals surface area contributed by atoms with Crippen molar-refractivity contribution >= 4 is 39.1 Å². The first-order valence-electron chi connectivity index (χ1n) is 9.64. The zero-order valence-corrected chi connectivity index (χ0v) is 18.2. The third-order valence-electron chi connectivity index (χ3n) is 5.49. The van der Waals surface area contributed by atoms with Gasteiger partial charge in [0.2, 0.25) is 0 Å². The molecule has 0 saturated carbocycles. The van der Waals surface area contributed by atoms with E-state index in [-0.39, 0.29) is 0 Å². The van der Waals surface area contributed by atoms with Crippen molar-refractivity contribution in [1.29, 1.82) is 0 Å². The average Bonchev–Trinajstić information content (AvgIpc) is 3.36. The summed E-state index contributed by atoms with van der Waals surface area (Å²) in [6.07, 6.45) is 5.07. The molecular formula is C20H22N6OS2. The van der Waals surface area contributed by atoms with E-state index in [9.17, 15) is 0 Å². The molecule has 0 bridgehead atoms. The van der Waals surface area contributed by atoms with E-state index in [1.807, 2.05) is 24.6 Å². The summed E-state index contributed by atoms with van der Waals surface area (Å²) in [6.45, 7) is 4.23. The van der Waals surface area contributed by atoms with Crippen molar-refractivity contribution in [3.05, 3.63) is 34.4 Å². The van der Waals surface area contributed by atoms with Crippen LogP contribution in [0.25, 0.3) is 21.6 Å². The number of thiophene rings is 1. The number of thioether (sulfide) groups is 1. The van der Waals surface area contributed by atoms with Crippen molar-refractivity contribution in [2.75, 3.05) is 5.73 Å². The fourth-order valence-corrected chi connectivity index (χ4v) is 6.08. The molecule has 0 amide bonds. The fraction of sp³-hybridized carbons (Fsp3) is 0.400. The van der Waals surface area contributed by atoms with Gasteiger partial charge >= 0.3 is 0 Å². The number of anilines is 1. The SMILES string of the molecule is Cc1occc1-c1nnc(SCc2nc(N)c3c4c(sc3n2)CC(C)CC4)n1C. The monoisotopic (exact) mass is 426 g/mol. The number of furan rings is 1. The second-order valence-electron chi connectivity index (χ2n) is 7.60. The van der Waals surface area contributed by atoms with Crippen LogP contribution in [0.2, 0.25) is 0 Å². The minimum absolute atomic E-state index is 0.593. The van der Waals surface area contributed by atoms with Gasteiger partial charge in [-0.1, -0.05) is 18.7 Å². The number of nitrogens with zero attached hydrogens (tertiary/aromatic N) is 5. The molecule has 0 aliphatic heterocycles. The van der Waals surface area contributed by atoms with Crippen molar-refractivity contribution in [1.82, 2.24) is 24.7 Å². The molecule has 0 radical (unpaired) electrons. The van der Waals surface area contributed by atoms with E-state index < -0.39 is 0 Å². The summed E-state index contributed by atoms with van der Waals surface area (Å²) in [5, 5.41) is 10.5. The standard InChI is InChI=1S/C20H22N6OS2/c1-10-4-5-13-14(8-10)29-19-16(13)17(21)22-15(23-19)9-28-20-25-24-18(26(20)3)12-6-7-27-11(12)2/h6-7,10H,4-5,8-9H2,1-3H3,(H2,21,22,23). The van der Waals surface area contributed by atoms with E-state index >= 15 is 0 Å². The molecule has 4 aromatic rings. The van der Waals surface area contributed by atoms with Crippen molar-refractivity contribution in [3.63, 3.8) is 0 Å². The highest BCUT2D eigenvalue weighted by Gasteiger charge is 2.23. The van der Waals surface area contributed by atoms with Gasteiger partial charge in [0.15, 0.2) is 11.0 Å². The van der Waals surface area contributed by atoms with Crippen LogP contribution >= 0.6 is 23.1 Å². The summed E-state index contributed by atoms with van der Waals surface area (Å²) < 4.78 is 7.35. The molecule has 1 aliphatic rings. The van der Waals surface area contributed by atoms with Gasteiger partial charge < -0.3 is 14.7 Å². The highest BCUT2D eigenvalue weighted by atomic mass is 32.2. The Labute approximate surface area is 176 Å². The summed E-state index contributed by atoms with van der Waals surface area (Å²) in [6, 6.07) is 1.91. The lowest BCUT2D eigenvalue weighted by Crippen LogP contribution is -2.09. The second-order valence-corrected chi connectivity index (χ2v) is 9.63. The Balaban J connectivity index is 1.40. The molecule has 0 fully saturated rings. The van der Waals surface area contributed by atoms with Crippen LogP contribution in [0, 0.1) is 12.8 Å². The van der Waals surface area contributed by atoms with Gasteiger partial charge in [0.25, 0.3) is 0 Å². The van der Waals surface area contributed by atoms with E-state index in [1.54, 1.807) is 29.4 Å². The summed E-state index contributed by atoms with van der Waals surface area (Å²) >= 11 is 3.34. The van der Waals surface area contributed by atoms with Crippen LogP contribution in [0.5, 0.6) is 0 Å². The molecule has 150 valence electrons. The highest BCUT2D eigenvalue weighted by Crippen LogP contribution is 2.39. The van der Waals surface area contributed by atoms with Crippen molar-refractivity contribution in [2.24, 2.45) is 13.0 Å². The van der Waals surface area contributed by atoms with Crippen molar-refractivity contribution in [2.45, 2.75) is 44.0 Å². The summed E-state index contributed by atoms with van der Waals surface area (Å²) in [7, 11) is 1.96. The number of hydrogen-bond donors (Lipinski definition) is 1. The van der Waals surface area contributed by atoms with E-state index in [1.165, 1.54) is 16.9 Å². The molecule has 7 nitrogen and oxygen atoms in total. The normalized spacial score (nSPS) is 16.4. The van der Waals surface area contributed by atoms with Gasteiger partial charge in [-0.05, 0) is 43.7 Å². The second kappa shape index (κ2) is 7.14. The van der Waals surface area contributed by atoms with Gasteiger partial charge in [-0.25, -0.2) is 9.97 Å². The molecule has 1 unspecified atom stereocenters. The van der Waals surface area contributed by atoms with Crippen LogP contribution < -0.4 is 5.73 Å². The lowest BCUT2D eigenvalue weighted by molar-refractivity contribution is 0.509. The van der Waals surface area contributed by atoms with Crippen LogP contribution in [0.1, 0.15) is 35.4 Å².